The van der Waals surface area contributed by atoms with Gasteiger partial charge in [-0.25, -0.2) is 0 Å². The SMILES string of the molecule is CCC(=O)C(c1ccccc1)[C@H](C)CC(C)(C)N1CCN(CCc2ccccc2)CC1. The Morgan fingerprint density at radius 3 is 2.10 bits per heavy atom. The van der Waals surface area contributed by atoms with Gasteiger partial charge in [-0.1, -0.05) is 74.5 Å². The molecule has 0 aliphatic carbocycles. The molecule has 3 heteroatoms. The van der Waals surface area contributed by atoms with E-state index in [1.54, 1.807) is 0 Å². The average Bonchev–Trinajstić information content (AvgIpc) is 2.79. The minimum Gasteiger partial charge on any atom is -0.300 e. The smallest absolute Gasteiger partial charge is 0.140 e. The predicted molar refractivity (Wildman–Crippen MR) is 131 cm³/mol. The van der Waals surface area contributed by atoms with Crippen LogP contribution in [0.1, 0.15) is 57.6 Å². The lowest BCUT2D eigenvalue weighted by Gasteiger charge is -2.46. The molecule has 0 aromatic heterocycles. The second kappa shape index (κ2) is 11.1. The fraction of sp³-hybridized carbons (Fsp3) is 0.536. The first-order chi connectivity index (χ1) is 14.9. The van der Waals surface area contributed by atoms with Gasteiger partial charge in [0.25, 0.3) is 0 Å². The van der Waals surface area contributed by atoms with Crippen molar-refractivity contribution in [2.24, 2.45) is 5.92 Å². The molecule has 2 aromatic carbocycles. The Bertz CT molecular complexity index is 794. The monoisotopic (exact) mass is 420 g/mol. The van der Waals surface area contributed by atoms with Crippen LogP contribution in [0, 0.1) is 5.92 Å². The van der Waals surface area contributed by atoms with Gasteiger partial charge in [0.2, 0.25) is 0 Å². The zero-order chi connectivity index (χ0) is 22.3. The highest BCUT2D eigenvalue weighted by Crippen LogP contribution is 2.35. The van der Waals surface area contributed by atoms with Crippen LogP contribution in [0.25, 0.3) is 0 Å². The van der Waals surface area contributed by atoms with E-state index in [0.29, 0.717) is 18.1 Å². The first-order valence-corrected chi connectivity index (χ1v) is 12.0. The predicted octanol–water partition coefficient (Wildman–Crippen LogP) is 5.41. The summed E-state index contributed by atoms with van der Waals surface area (Å²) in [5.74, 6) is 0.679. The Balaban J connectivity index is 1.55. The highest BCUT2D eigenvalue weighted by Gasteiger charge is 2.35. The molecule has 0 spiro atoms. The minimum absolute atomic E-state index is 0.00219. The summed E-state index contributed by atoms with van der Waals surface area (Å²) in [5, 5.41) is 0. The molecule has 1 saturated heterocycles. The maximum absolute atomic E-state index is 12.8. The Morgan fingerprint density at radius 1 is 0.935 bits per heavy atom. The van der Waals surface area contributed by atoms with Gasteiger partial charge in [-0.05, 0) is 43.7 Å². The molecular formula is C28H40N2O. The lowest BCUT2D eigenvalue weighted by molar-refractivity contribution is -0.121. The van der Waals surface area contributed by atoms with E-state index >= 15 is 0 Å². The van der Waals surface area contributed by atoms with Crippen LogP contribution < -0.4 is 0 Å². The van der Waals surface area contributed by atoms with Crippen molar-refractivity contribution in [3.63, 3.8) is 0 Å². The molecule has 31 heavy (non-hydrogen) atoms. The number of hydrogen-bond donors (Lipinski definition) is 0. The molecule has 1 fully saturated rings. The number of nitrogens with zero attached hydrogens (tertiary/aromatic N) is 2. The normalized spacial score (nSPS) is 17.9. The summed E-state index contributed by atoms with van der Waals surface area (Å²) in [4.78, 5) is 18.1. The van der Waals surface area contributed by atoms with Crippen molar-refractivity contribution in [2.75, 3.05) is 32.7 Å². The first kappa shape index (κ1) is 23.7. The van der Waals surface area contributed by atoms with Crippen LogP contribution in [-0.4, -0.2) is 53.8 Å². The molecule has 3 rings (SSSR count). The van der Waals surface area contributed by atoms with E-state index in [2.05, 4.69) is 85.2 Å². The maximum Gasteiger partial charge on any atom is 0.140 e. The summed E-state index contributed by atoms with van der Waals surface area (Å²) < 4.78 is 0. The summed E-state index contributed by atoms with van der Waals surface area (Å²) in [6.45, 7) is 14.6. The topological polar surface area (TPSA) is 23.6 Å². The highest BCUT2D eigenvalue weighted by atomic mass is 16.1. The van der Waals surface area contributed by atoms with Gasteiger partial charge in [-0.3, -0.25) is 9.69 Å². The van der Waals surface area contributed by atoms with Gasteiger partial charge in [-0.2, -0.15) is 0 Å². The Kier molecular flexibility index (Phi) is 8.45. The summed E-state index contributed by atoms with van der Waals surface area (Å²) >= 11 is 0. The number of hydrogen-bond acceptors (Lipinski definition) is 3. The standard InChI is InChI=1S/C28H40N2O/c1-5-26(31)27(25-14-10-7-11-15-25)23(2)22-28(3,4)30-20-18-29(19-21-30)17-16-24-12-8-6-9-13-24/h6-15,23,27H,5,16-22H2,1-4H3/t23-,27?/m1/s1. The van der Waals surface area contributed by atoms with Gasteiger partial charge in [0.05, 0.1) is 0 Å². The molecule has 1 aliphatic heterocycles. The van der Waals surface area contributed by atoms with Crippen molar-refractivity contribution in [1.29, 1.82) is 0 Å². The van der Waals surface area contributed by atoms with E-state index in [1.165, 1.54) is 11.1 Å². The molecule has 0 amide bonds. The molecule has 0 saturated carbocycles. The molecule has 0 radical (unpaired) electrons. The highest BCUT2D eigenvalue weighted by molar-refractivity contribution is 5.85. The van der Waals surface area contributed by atoms with Crippen molar-refractivity contribution in [1.82, 2.24) is 9.80 Å². The summed E-state index contributed by atoms with van der Waals surface area (Å²) in [5.41, 5.74) is 2.68. The lowest BCUT2D eigenvalue weighted by Crippen LogP contribution is -2.55. The number of rotatable bonds is 10. The summed E-state index contributed by atoms with van der Waals surface area (Å²) in [6, 6.07) is 21.2. The lowest BCUT2D eigenvalue weighted by atomic mass is 9.76. The molecule has 0 bridgehead atoms. The number of Topliss-reactive ketones (excluding diaryl/α,β-unsaturated/α-hetero) is 1. The number of ketones is 1. The van der Waals surface area contributed by atoms with Crippen LogP contribution in [0.5, 0.6) is 0 Å². The van der Waals surface area contributed by atoms with Crippen LogP contribution in [0.15, 0.2) is 60.7 Å². The molecule has 2 atom stereocenters. The summed E-state index contributed by atoms with van der Waals surface area (Å²) in [6.07, 6.45) is 2.76. The molecule has 1 heterocycles. The number of benzene rings is 2. The van der Waals surface area contributed by atoms with Crippen LogP contribution in [-0.2, 0) is 11.2 Å². The minimum atomic E-state index is -0.00219. The Labute approximate surface area is 189 Å². The molecule has 3 nitrogen and oxygen atoms in total. The van der Waals surface area contributed by atoms with E-state index in [9.17, 15) is 4.79 Å². The summed E-state index contributed by atoms with van der Waals surface area (Å²) in [7, 11) is 0. The van der Waals surface area contributed by atoms with Crippen LogP contribution in [0.3, 0.4) is 0 Å². The fourth-order valence-corrected chi connectivity index (χ4v) is 5.26. The third-order valence-corrected chi connectivity index (χ3v) is 7.03. The third kappa shape index (κ3) is 6.51. The Hall–Kier alpha value is -1.97. The fourth-order valence-electron chi connectivity index (χ4n) is 5.26. The molecule has 1 aliphatic rings. The van der Waals surface area contributed by atoms with Gasteiger partial charge < -0.3 is 4.90 Å². The Morgan fingerprint density at radius 2 is 1.52 bits per heavy atom. The van der Waals surface area contributed by atoms with Gasteiger partial charge in [0, 0.05) is 50.6 Å². The zero-order valence-electron chi connectivity index (χ0n) is 19.9. The molecular weight excluding hydrogens is 380 g/mol. The van der Waals surface area contributed by atoms with Gasteiger partial charge in [0.15, 0.2) is 0 Å². The van der Waals surface area contributed by atoms with E-state index in [0.717, 1.165) is 45.6 Å². The van der Waals surface area contributed by atoms with E-state index in [-0.39, 0.29) is 11.5 Å². The van der Waals surface area contributed by atoms with Crippen LogP contribution >= 0.6 is 0 Å². The molecule has 168 valence electrons. The van der Waals surface area contributed by atoms with Crippen molar-refractivity contribution >= 4 is 5.78 Å². The molecule has 2 aromatic rings. The quantitative estimate of drug-likeness (QED) is 0.513. The average molecular weight is 421 g/mol. The number of carbonyl (C=O) groups excluding carboxylic acids is 1. The van der Waals surface area contributed by atoms with Crippen molar-refractivity contribution < 1.29 is 4.79 Å². The number of piperazine rings is 1. The van der Waals surface area contributed by atoms with Gasteiger partial charge in [-0.15, -0.1) is 0 Å². The van der Waals surface area contributed by atoms with Crippen LogP contribution in [0.2, 0.25) is 0 Å². The molecule has 0 N–H and O–H groups in total. The maximum atomic E-state index is 12.8. The third-order valence-electron chi connectivity index (χ3n) is 7.03. The first-order valence-electron chi connectivity index (χ1n) is 12.0. The largest absolute Gasteiger partial charge is 0.300 e. The second-order valence-corrected chi connectivity index (χ2v) is 9.77. The van der Waals surface area contributed by atoms with Crippen LogP contribution in [0.4, 0.5) is 0 Å². The number of carbonyl (C=O) groups is 1. The van der Waals surface area contributed by atoms with Crippen molar-refractivity contribution in [2.45, 2.75) is 58.4 Å². The molecule has 1 unspecified atom stereocenters. The van der Waals surface area contributed by atoms with E-state index in [1.807, 2.05) is 13.0 Å². The van der Waals surface area contributed by atoms with Gasteiger partial charge in [0.1, 0.15) is 5.78 Å². The van der Waals surface area contributed by atoms with E-state index in [4.69, 9.17) is 0 Å². The van der Waals surface area contributed by atoms with Crippen molar-refractivity contribution in [3.8, 4) is 0 Å². The van der Waals surface area contributed by atoms with Crippen molar-refractivity contribution in [3.05, 3.63) is 71.8 Å². The van der Waals surface area contributed by atoms with Gasteiger partial charge >= 0.3 is 0 Å². The second-order valence-electron chi connectivity index (χ2n) is 9.77. The van der Waals surface area contributed by atoms with E-state index < -0.39 is 0 Å². The zero-order valence-corrected chi connectivity index (χ0v) is 19.9.